The Morgan fingerprint density at radius 1 is 1.03 bits per heavy atom. The molecule has 164 valence electrons. The van der Waals surface area contributed by atoms with Gasteiger partial charge < -0.3 is 5.32 Å². The van der Waals surface area contributed by atoms with E-state index in [2.05, 4.69) is 15.5 Å². The summed E-state index contributed by atoms with van der Waals surface area (Å²) in [4.78, 5) is 17.2. The molecule has 0 bridgehead atoms. The number of fused-ring (bicyclic) bond motifs is 3. The van der Waals surface area contributed by atoms with Gasteiger partial charge in [0.25, 0.3) is 0 Å². The van der Waals surface area contributed by atoms with Gasteiger partial charge in [-0.25, -0.2) is 9.37 Å². The van der Waals surface area contributed by atoms with Crippen molar-refractivity contribution >= 4 is 40.0 Å². The highest BCUT2D eigenvalue weighted by Gasteiger charge is 2.17. The van der Waals surface area contributed by atoms with Gasteiger partial charge in [-0.1, -0.05) is 59.8 Å². The fourth-order valence-corrected chi connectivity index (χ4v) is 4.31. The summed E-state index contributed by atoms with van der Waals surface area (Å²) in [6, 6.07) is 20.5. The van der Waals surface area contributed by atoms with Crippen LogP contribution in [-0.2, 0) is 4.79 Å². The van der Waals surface area contributed by atoms with Gasteiger partial charge in [0.2, 0.25) is 5.91 Å². The first-order chi connectivity index (χ1) is 16.0. The quantitative estimate of drug-likeness (QED) is 0.356. The van der Waals surface area contributed by atoms with E-state index in [9.17, 15) is 9.18 Å². The number of para-hydroxylation sites is 2. The van der Waals surface area contributed by atoms with E-state index < -0.39 is 0 Å². The van der Waals surface area contributed by atoms with Gasteiger partial charge in [-0.2, -0.15) is 0 Å². The van der Waals surface area contributed by atoms with E-state index in [1.54, 1.807) is 19.1 Å². The molecule has 0 aliphatic heterocycles. The number of hydrogen-bond donors (Lipinski definition) is 1. The monoisotopic (exact) mass is 457 g/mol. The summed E-state index contributed by atoms with van der Waals surface area (Å²) in [6.45, 7) is 3.71. The molecule has 0 fully saturated rings. The number of nitrogens with one attached hydrogen (secondary N) is 1. The number of amides is 1. The normalized spacial score (nSPS) is 11.2. The van der Waals surface area contributed by atoms with Crippen molar-refractivity contribution in [3.05, 3.63) is 83.7 Å². The van der Waals surface area contributed by atoms with Crippen molar-refractivity contribution in [3.8, 4) is 11.4 Å². The van der Waals surface area contributed by atoms with Crippen LogP contribution in [0.5, 0.6) is 0 Å². The number of nitrogens with zero attached hydrogens (tertiary/aromatic N) is 4. The Hall–Kier alpha value is -3.78. The zero-order valence-electron chi connectivity index (χ0n) is 18.0. The lowest BCUT2D eigenvalue weighted by Gasteiger charge is -2.09. The Bertz CT molecular complexity index is 1500. The molecule has 5 aromatic rings. The first kappa shape index (κ1) is 21.1. The smallest absolute Gasteiger partial charge is 0.234 e. The van der Waals surface area contributed by atoms with Crippen molar-refractivity contribution in [3.63, 3.8) is 0 Å². The molecular formula is C25H20FN5OS. The van der Waals surface area contributed by atoms with Gasteiger partial charge in [0.05, 0.1) is 16.8 Å². The third-order valence-electron chi connectivity index (χ3n) is 5.30. The Labute approximate surface area is 193 Å². The predicted molar refractivity (Wildman–Crippen MR) is 129 cm³/mol. The van der Waals surface area contributed by atoms with Crippen molar-refractivity contribution in [1.29, 1.82) is 0 Å². The topological polar surface area (TPSA) is 72.2 Å². The molecule has 3 aromatic carbocycles. The molecule has 1 amide bonds. The molecule has 0 aliphatic rings. The molecule has 0 spiro atoms. The van der Waals surface area contributed by atoms with Crippen LogP contribution in [-0.4, -0.2) is 31.2 Å². The molecule has 0 unspecified atom stereocenters. The minimum absolute atomic E-state index is 0.100. The van der Waals surface area contributed by atoms with Gasteiger partial charge in [0.15, 0.2) is 11.5 Å². The molecule has 0 radical (unpaired) electrons. The number of aryl methyl sites for hydroxylation is 2. The van der Waals surface area contributed by atoms with Crippen molar-refractivity contribution < 1.29 is 9.18 Å². The number of carbonyl (C=O) groups is 1. The van der Waals surface area contributed by atoms with Crippen molar-refractivity contribution in [1.82, 2.24) is 19.6 Å². The van der Waals surface area contributed by atoms with Crippen LogP contribution < -0.4 is 5.32 Å². The molecule has 2 aromatic heterocycles. The molecule has 6 nitrogen and oxygen atoms in total. The Balaban J connectivity index is 1.48. The maximum atomic E-state index is 13.8. The van der Waals surface area contributed by atoms with Gasteiger partial charge in [0, 0.05) is 11.3 Å². The molecule has 0 aliphatic carbocycles. The van der Waals surface area contributed by atoms with Crippen LogP contribution in [0.3, 0.4) is 0 Å². The van der Waals surface area contributed by atoms with Crippen LogP contribution >= 0.6 is 11.8 Å². The van der Waals surface area contributed by atoms with Crippen LogP contribution in [0.1, 0.15) is 11.1 Å². The van der Waals surface area contributed by atoms with E-state index in [0.29, 0.717) is 27.7 Å². The average molecular weight is 458 g/mol. The number of thioether (sulfide) groups is 1. The minimum atomic E-state index is -0.356. The largest absolute Gasteiger partial charge is 0.325 e. The fraction of sp³-hybridized carbons (Fsp3) is 0.120. The van der Waals surface area contributed by atoms with Gasteiger partial charge >= 0.3 is 0 Å². The number of aromatic nitrogens is 4. The second kappa shape index (κ2) is 8.63. The lowest BCUT2D eigenvalue weighted by molar-refractivity contribution is -0.113. The van der Waals surface area contributed by atoms with Crippen LogP contribution in [0.4, 0.5) is 10.1 Å². The number of hydrogen-bond acceptors (Lipinski definition) is 5. The highest BCUT2D eigenvalue weighted by molar-refractivity contribution is 8.00. The number of rotatable bonds is 5. The van der Waals surface area contributed by atoms with Crippen LogP contribution in [0.25, 0.3) is 28.1 Å². The fourth-order valence-electron chi connectivity index (χ4n) is 3.55. The predicted octanol–water partition coefficient (Wildman–Crippen LogP) is 5.43. The second-order valence-corrected chi connectivity index (χ2v) is 8.72. The Morgan fingerprint density at radius 2 is 1.82 bits per heavy atom. The molecule has 0 saturated carbocycles. The maximum Gasteiger partial charge on any atom is 0.234 e. The standard InChI is InChI=1S/C25H20FN5OS/c1-15-7-10-17(11-8-15)23-29-30-24-25(28-20-5-3-4-6-21(20)31(23)24)33-14-22(32)27-18-12-9-16(2)19(26)13-18/h3-13H,14H2,1-2H3,(H,27,32). The van der Waals surface area contributed by atoms with E-state index in [4.69, 9.17) is 4.98 Å². The highest BCUT2D eigenvalue weighted by Crippen LogP contribution is 2.29. The molecule has 2 heterocycles. The van der Waals surface area contributed by atoms with E-state index >= 15 is 0 Å². The lowest BCUT2D eigenvalue weighted by Crippen LogP contribution is -2.14. The van der Waals surface area contributed by atoms with Crippen molar-refractivity contribution in [2.45, 2.75) is 18.9 Å². The summed E-state index contributed by atoms with van der Waals surface area (Å²) >= 11 is 1.27. The number of carbonyl (C=O) groups excluding carboxylic acids is 1. The van der Waals surface area contributed by atoms with E-state index in [1.807, 2.05) is 59.9 Å². The molecule has 0 saturated heterocycles. The molecule has 0 atom stereocenters. The van der Waals surface area contributed by atoms with E-state index in [1.165, 1.54) is 17.8 Å². The summed E-state index contributed by atoms with van der Waals surface area (Å²) in [6.07, 6.45) is 0. The Morgan fingerprint density at radius 3 is 2.61 bits per heavy atom. The first-order valence-electron chi connectivity index (χ1n) is 10.4. The molecule has 33 heavy (non-hydrogen) atoms. The average Bonchev–Trinajstić information content (AvgIpc) is 3.26. The third-order valence-corrected chi connectivity index (χ3v) is 6.26. The van der Waals surface area contributed by atoms with Crippen LogP contribution in [0.15, 0.2) is 71.8 Å². The Kier molecular flexibility index (Phi) is 5.51. The van der Waals surface area contributed by atoms with Gasteiger partial charge in [-0.15, -0.1) is 10.2 Å². The van der Waals surface area contributed by atoms with Crippen molar-refractivity contribution in [2.75, 3.05) is 11.1 Å². The maximum absolute atomic E-state index is 13.8. The SMILES string of the molecule is Cc1ccc(-c2nnc3c(SCC(=O)Nc4ccc(C)c(F)c4)nc4ccccc4n23)cc1. The number of anilines is 1. The van der Waals surface area contributed by atoms with Crippen LogP contribution in [0, 0.1) is 19.7 Å². The van der Waals surface area contributed by atoms with E-state index in [0.717, 1.165) is 22.2 Å². The molecule has 5 rings (SSSR count). The summed E-state index contributed by atoms with van der Waals surface area (Å²) in [5.74, 6) is 0.202. The molecule has 1 N–H and O–H groups in total. The lowest BCUT2D eigenvalue weighted by atomic mass is 10.1. The zero-order chi connectivity index (χ0) is 22.9. The summed E-state index contributed by atoms with van der Waals surface area (Å²) < 4.78 is 15.8. The van der Waals surface area contributed by atoms with Gasteiger partial charge in [-0.3, -0.25) is 9.20 Å². The number of halogens is 1. The second-order valence-electron chi connectivity index (χ2n) is 7.76. The van der Waals surface area contributed by atoms with E-state index in [-0.39, 0.29) is 17.5 Å². The summed E-state index contributed by atoms with van der Waals surface area (Å²) in [5, 5.41) is 12.2. The molecule has 8 heteroatoms. The zero-order valence-corrected chi connectivity index (χ0v) is 18.9. The summed E-state index contributed by atoms with van der Waals surface area (Å²) in [7, 11) is 0. The van der Waals surface area contributed by atoms with Gasteiger partial charge in [-0.05, 0) is 43.7 Å². The third kappa shape index (κ3) is 4.17. The first-order valence-corrected chi connectivity index (χ1v) is 11.4. The molecular weight excluding hydrogens is 437 g/mol. The highest BCUT2D eigenvalue weighted by atomic mass is 32.2. The van der Waals surface area contributed by atoms with Crippen molar-refractivity contribution in [2.24, 2.45) is 0 Å². The minimum Gasteiger partial charge on any atom is -0.325 e. The summed E-state index contributed by atoms with van der Waals surface area (Å²) in [5.41, 5.74) is 5.31. The van der Waals surface area contributed by atoms with Gasteiger partial charge in [0.1, 0.15) is 10.8 Å². The number of benzene rings is 3. The van der Waals surface area contributed by atoms with Crippen LogP contribution in [0.2, 0.25) is 0 Å².